The lowest BCUT2D eigenvalue weighted by Crippen LogP contribution is -2.25. The summed E-state index contributed by atoms with van der Waals surface area (Å²) in [7, 11) is 0. The summed E-state index contributed by atoms with van der Waals surface area (Å²) >= 11 is 0. The minimum absolute atomic E-state index is 0.0571. The summed E-state index contributed by atoms with van der Waals surface area (Å²) < 4.78 is 18.4. The van der Waals surface area contributed by atoms with Crippen molar-refractivity contribution in [2.45, 2.75) is 39.5 Å². The highest BCUT2D eigenvalue weighted by Crippen LogP contribution is 2.29. The van der Waals surface area contributed by atoms with Crippen LogP contribution in [0.25, 0.3) is 0 Å². The number of pyridine rings is 1. The van der Waals surface area contributed by atoms with E-state index in [9.17, 15) is 9.18 Å². The van der Waals surface area contributed by atoms with E-state index in [4.69, 9.17) is 4.74 Å². The fraction of sp³-hybridized carbons (Fsp3) is 0.571. The number of nitrogens with zero attached hydrogens (tertiary/aromatic N) is 1. The Morgan fingerprint density at radius 1 is 1.33 bits per heavy atom. The highest BCUT2D eigenvalue weighted by atomic mass is 19.1. The molecule has 98 valence electrons. The molecule has 0 unspecified atom stereocenters. The summed E-state index contributed by atoms with van der Waals surface area (Å²) in [5.41, 5.74) is 0.446. The SMILES string of the molecule is Cc1ccc(OC(=O)C2CCC(C)CC2)nc1F. The Kier molecular flexibility index (Phi) is 3.94. The Labute approximate surface area is 106 Å². The van der Waals surface area contributed by atoms with E-state index < -0.39 is 5.95 Å². The van der Waals surface area contributed by atoms with Gasteiger partial charge < -0.3 is 4.74 Å². The van der Waals surface area contributed by atoms with Crippen molar-refractivity contribution >= 4 is 5.97 Å². The molecule has 1 aliphatic carbocycles. The van der Waals surface area contributed by atoms with Crippen LogP contribution in [0.1, 0.15) is 38.2 Å². The van der Waals surface area contributed by atoms with Gasteiger partial charge in [0.25, 0.3) is 0 Å². The number of halogens is 1. The molecule has 1 aromatic heterocycles. The van der Waals surface area contributed by atoms with Crippen LogP contribution in [-0.4, -0.2) is 11.0 Å². The maximum atomic E-state index is 13.2. The second kappa shape index (κ2) is 5.46. The van der Waals surface area contributed by atoms with E-state index in [1.54, 1.807) is 13.0 Å². The quantitative estimate of drug-likeness (QED) is 0.598. The molecule has 1 heterocycles. The monoisotopic (exact) mass is 251 g/mol. The van der Waals surface area contributed by atoms with Gasteiger partial charge in [-0.1, -0.05) is 6.92 Å². The van der Waals surface area contributed by atoms with E-state index in [-0.39, 0.29) is 17.8 Å². The van der Waals surface area contributed by atoms with Crippen molar-refractivity contribution in [1.29, 1.82) is 0 Å². The third kappa shape index (κ3) is 3.06. The molecular formula is C14H18FNO2. The van der Waals surface area contributed by atoms with Crippen LogP contribution >= 0.6 is 0 Å². The molecule has 0 amide bonds. The summed E-state index contributed by atoms with van der Waals surface area (Å²) in [5.74, 6) is -0.187. The molecule has 1 fully saturated rings. The van der Waals surface area contributed by atoms with Gasteiger partial charge >= 0.3 is 5.97 Å². The van der Waals surface area contributed by atoms with Crippen molar-refractivity contribution in [3.8, 4) is 5.88 Å². The summed E-state index contributed by atoms with van der Waals surface area (Å²) in [6.07, 6.45) is 3.81. The number of aromatic nitrogens is 1. The lowest BCUT2D eigenvalue weighted by molar-refractivity contribution is -0.140. The Morgan fingerprint density at radius 2 is 2.00 bits per heavy atom. The summed E-state index contributed by atoms with van der Waals surface area (Å²) in [6.45, 7) is 3.81. The van der Waals surface area contributed by atoms with E-state index in [0.29, 0.717) is 11.5 Å². The average molecular weight is 251 g/mol. The van der Waals surface area contributed by atoms with Crippen molar-refractivity contribution in [3.05, 3.63) is 23.6 Å². The molecule has 0 radical (unpaired) electrons. The predicted octanol–water partition coefficient (Wildman–Crippen LogP) is 3.26. The fourth-order valence-corrected chi connectivity index (χ4v) is 2.23. The average Bonchev–Trinajstić information content (AvgIpc) is 2.34. The molecule has 0 spiro atoms. The van der Waals surface area contributed by atoms with Crippen molar-refractivity contribution < 1.29 is 13.9 Å². The topological polar surface area (TPSA) is 39.2 Å². The molecule has 0 aromatic carbocycles. The van der Waals surface area contributed by atoms with Gasteiger partial charge in [-0.05, 0) is 44.6 Å². The number of hydrogen-bond acceptors (Lipinski definition) is 3. The zero-order valence-corrected chi connectivity index (χ0v) is 10.8. The number of esters is 1. The highest BCUT2D eigenvalue weighted by molar-refractivity contribution is 5.74. The second-order valence-electron chi connectivity index (χ2n) is 5.14. The van der Waals surface area contributed by atoms with Gasteiger partial charge in [0.1, 0.15) is 0 Å². The number of rotatable bonds is 2. The van der Waals surface area contributed by atoms with Crippen LogP contribution < -0.4 is 4.74 Å². The maximum Gasteiger partial charge on any atom is 0.315 e. The Morgan fingerprint density at radius 3 is 2.61 bits per heavy atom. The minimum atomic E-state index is -0.586. The lowest BCUT2D eigenvalue weighted by Gasteiger charge is -2.24. The molecule has 0 N–H and O–H groups in total. The zero-order chi connectivity index (χ0) is 13.1. The molecule has 4 heteroatoms. The van der Waals surface area contributed by atoms with Crippen molar-refractivity contribution in [3.63, 3.8) is 0 Å². The standard InChI is InChI=1S/C14H18FNO2/c1-9-3-6-11(7-4-9)14(17)18-12-8-5-10(2)13(15)16-12/h5,8-9,11H,3-4,6-7H2,1-2H3. The largest absolute Gasteiger partial charge is 0.407 e. The van der Waals surface area contributed by atoms with Gasteiger partial charge in [0.05, 0.1) is 5.92 Å². The number of aryl methyl sites for hydroxylation is 1. The predicted molar refractivity (Wildman–Crippen MR) is 65.7 cm³/mol. The van der Waals surface area contributed by atoms with Gasteiger partial charge in [-0.15, -0.1) is 0 Å². The Hall–Kier alpha value is -1.45. The molecule has 2 rings (SSSR count). The van der Waals surface area contributed by atoms with E-state index in [0.717, 1.165) is 25.7 Å². The van der Waals surface area contributed by atoms with Gasteiger partial charge in [-0.2, -0.15) is 9.37 Å². The first-order valence-corrected chi connectivity index (χ1v) is 6.41. The summed E-state index contributed by atoms with van der Waals surface area (Å²) in [6, 6.07) is 3.09. The molecule has 1 aromatic rings. The molecule has 1 saturated carbocycles. The summed E-state index contributed by atoms with van der Waals surface area (Å²) in [4.78, 5) is 15.5. The fourth-order valence-electron chi connectivity index (χ4n) is 2.23. The first-order valence-electron chi connectivity index (χ1n) is 6.41. The van der Waals surface area contributed by atoms with Crippen LogP contribution in [0.3, 0.4) is 0 Å². The molecule has 0 aliphatic heterocycles. The van der Waals surface area contributed by atoms with E-state index in [1.165, 1.54) is 6.07 Å². The summed E-state index contributed by atoms with van der Waals surface area (Å²) in [5, 5.41) is 0. The van der Waals surface area contributed by atoms with Gasteiger partial charge in [-0.3, -0.25) is 4.79 Å². The van der Waals surface area contributed by atoms with Crippen molar-refractivity contribution in [1.82, 2.24) is 4.98 Å². The normalized spacial score (nSPS) is 23.7. The van der Waals surface area contributed by atoms with Crippen LogP contribution in [0.5, 0.6) is 5.88 Å². The molecule has 1 aliphatic rings. The molecular weight excluding hydrogens is 233 g/mol. The van der Waals surface area contributed by atoms with Gasteiger partial charge in [0.15, 0.2) is 0 Å². The smallest absolute Gasteiger partial charge is 0.315 e. The van der Waals surface area contributed by atoms with E-state index in [2.05, 4.69) is 11.9 Å². The Bertz CT molecular complexity index is 439. The number of carbonyl (C=O) groups is 1. The molecule has 0 atom stereocenters. The van der Waals surface area contributed by atoms with Gasteiger partial charge in [0.2, 0.25) is 11.8 Å². The molecule has 0 saturated heterocycles. The van der Waals surface area contributed by atoms with Crippen LogP contribution in [0.15, 0.2) is 12.1 Å². The van der Waals surface area contributed by atoms with Crippen LogP contribution in [-0.2, 0) is 4.79 Å². The number of ether oxygens (including phenoxy) is 1. The van der Waals surface area contributed by atoms with Gasteiger partial charge in [-0.25, -0.2) is 0 Å². The lowest BCUT2D eigenvalue weighted by atomic mass is 9.83. The van der Waals surface area contributed by atoms with Crippen molar-refractivity contribution in [2.24, 2.45) is 11.8 Å². The van der Waals surface area contributed by atoms with Crippen LogP contribution in [0, 0.1) is 24.7 Å². The number of hydrogen-bond donors (Lipinski definition) is 0. The highest BCUT2D eigenvalue weighted by Gasteiger charge is 2.26. The molecule has 0 bridgehead atoms. The van der Waals surface area contributed by atoms with E-state index >= 15 is 0 Å². The minimum Gasteiger partial charge on any atom is -0.407 e. The second-order valence-corrected chi connectivity index (χ2v) is 5.14. The zero-order valence-electron chi connectivity index (χ0n) is 10.8. The van der Waals surface area contributed by atoms with Crippen LogP contribution in [0.4, 0.5) is 4.39 Å². The van der Waals surface area contributed by atoms with Gasteiger partial charge in [0, 0.05) is 11.6 Å². The third-order valence-corrected chi connectivity index (χ3v) is 3.56. The van der Waals surface area contributed by atoms with E-state index in [1.807, 2.05) is 0 Å². The first-order chi connectivity index (χ1) is 8.56. The third-order valence-electron chi connectivity index (χ3n) is 3.56. The molecule has 18 heavy (non-hydrogen) atoms. The first kappa shape index (κ1) is 13.0. The number of carbonyl (C=O) groups excluding carboxylic acids is 1. The van der Waals surface area contributed by atoms with Crippen LogP contribution in [0.2, 0.25) is 0 Å². The van der Waals surface area contributed by atoms with Crippen molar-refractivity contribution in [2.75, 3.05) is 0 Å². The molecule has 3 nitrogen and oxygen atoms in total. The maximum absolute atomic E-state index is 13.2. The Balaban J connectivity index is 1.96.